The third-order valence-electron chi connectivity index (χ3n) is 7.39. The van der Waals surface area contributed by atoms with E-state index in [1.54, 1.807) is 6.20 Å². The Morgan fingerprint density at radius 3 is 2.91 bits per heavy atom. The molecular formula is C27H24N4O4. The van der Waals surface area contributed by atoms with Crippen molar-refractivity contribution < 1.29 is 19.1 Å². The molecule has 1 saturated carbocycles. The van der Waals surface area contributed by atoms with Gasteiger partial charge in [-0.3, -0.25) is 4.79 Å². The van der Waals surface area contributed by atoms with E-state index >= 15 is 0 Å². The van der Waals surface area contributed by atoms with E-state index in [0.717, 1.165) is 29.7 Å². The van der Waals surface area contributed by atoms with Gasteiger partial charge in [0.25, 0.3) is 0 Å². The molecule has 35 heavy (non-hydrogen) atoms. The van der Waals surface area contributed by atoms with Crippen molar-refractivity contribution in [3.8, 4) is 17.2 Å². The molecule has 1 aromatic heterocycles. The van der Waals surface area contributed by atoms with Gasteiger partial charge in [-0.05, 0) is 54.7 Å². The standard InChI is InChI=1S/C27H24N4O4/c32-22-10-7-17-21(11-12-28-26(17)30-22)34-15-6-9-20-18(13-15)23-24(25(23)35-20)31-27(33)29-19-8-5-14-3-1-2-4-16(14)19/h1-4,6,9,11-13,19,23-25H,5,7-8,10H2,(H,28,30,32)(H2,29,31,33)/t19-,23-,24?,25-/m0/s1. The Balaban J connectivity index is 1.03. The van der Waals surface area contributed by atoms with Gasteiger partial charge in [-0.2, -0.15) is 0 Å². The summed E-state index contributed by atoms with van der Waals surface area (Å²) >= 11 is 0. The third kappa shape index (κ3) is 3.48. The van der Waals surface area contributed by atoms with Gasteiger partial charge in [0.15, 0.2) is 0 Å². The molecule has 3 aromatic rings. The maximum absolute atomic E-state index is 12.7. The Labute approximate surface area is 202 Å². The normalized spacial score (nSPS) is 24.7. The fraction of sp³-hybridized carbons (Fsp3) is 0.296. The van der Waals surface area contributed by atoms with Gasteiger partial charge in [-0.15, -0.1) is 0 Å². The molecule has 0 spiro atoms. The van der Waals surface area contributed by atoms with Crippen LogP contribution in [0.2, 0.25) is 0 Å². The molecule has 2 aliphatic heterocycles. The summed E-state index contributed by atoms with van der Waals surface area (Å²) in [5.41, 5.74) is 4.46. The van der Waals surface area contributed by atoms with Crippen LogP contribution in [0, 0.1) is 0 Å². The average molecular weight is 469 g/mol. The Hall–Kier alpha value is -4.07. The monoisotopic (exact) mass is 468 g/mol. The summed E-state index contributed by atoms with van der Waals surface area (Å²) in [5.74, 6) is 2.85. The van der Waals surface area contributed by atoms with Gasteiger partial charge >= 0.3 is 6.03 Å². The largest absolute Gasteiger partial charge is 0.487 e. The number of ether oxygens (including phenoxy) is 2. The molecule has 4 atom stereocenters. The van der Waals surface area contributed by atoms with Crippen molar-refractivity contribution in [2.45, 2.75) is 49.8 Å². The minimum atomic E-state index is -0.158. The Bertz CT molecular complexity index is 1370. The van der Waals surface area contributed by atoms with Crippen molar-refractivity contribution in [1.29, 1.82) is 0 Å². The van der Waals surface area contributed by atoms with E-state index in [9.17, 15) is 9.59 Å². The first-order valence-electron chi connectivity index (χ1n) is 12.0. The molecule has 0 bridgehead atoms. The summed E-state index contributed by atoms with van der Waals surface area (Å²) in [6, 6.07) is 15.7. The van der Waals surface area contributed by atoms with Crippen LogP contribution in [0.3, 0.4) is 0 Å². The number of rotatable bonds is 4. The van der Waals surface area contributed by atoms with E-state index in [1.807, 2.05) is 36.4 Å². The van der Waals surface area contributed by atoms with E-state index in [-0.39, 0.29) is 36.0 Å². The van der Waals surface area contributed by atoms with Gasteiger partial charge in [0, 0.05) is 23.7 Å². The maximum atomic E-state index is 12.7. The molecular weight excluding hydrogens is 444 g/mol. The topological polar surface area (TPSA) is 102 Å². The van der Waals surface area contributed by atoms with Gasteiger partial charge in [-0.1, -0.05) is 24.3 Å². The lowest BCUT2D eigenvalue weighted by atomic mass is 10.1. The first kappa shape index (κ1) is 20.3. The van der Waals surface area contributed by atoms with E-state index in [4.69, 9.17) is 9.47 Å². The molecule has 3 heterocycles. The summed E-state index contributed by atoms with van der Waals surface area (Å²) in [4.78, 5) is 28.7. The highest BCUT2D eigenvalue weighted by Gasteiger charge is 2.59. The molecule has 8 nitrogen and oxygen atoms in total. The molecule has 3 N–H and O–H groups in total. The van der Waals surface area contributed by atoms with Gasteiger partial charge in [0.05, 0.1) is 18.0 Å². The van der Waals surface area contributed by atoms with Crippen LogP contribution in [0.1, 0.15) is 47.1 Å². The van der Waals surface area contributed by atoms with Crippen LogP contribution >= 0.6 is 0 Å². The fourth-order valence-electron chi connectivity index (χ4n) is 5.61. The number of hydrogen-bond donors (Lipinski definition) is 3. The SMILES string of the molecule is O=C1CCc2c(Oc3ccc4c(c3)[C@H]3C(NC(=O)N[C@H]5CCc6ccccc65)[C@H]3O4)ccnc2N1. The zero-order valence-electron chi connectivity index (χ0n) is 18.9. The van der Waals surface area contributed by atoms with Crippen molar-refractivity contribution in [2.75, 3.05) is 5.32 Å². The second kappa shape index (κ2) is 7.73. The number of anilines is 1. The molecule has 1 fully saturated rings. The first-order chi connectivity index (χ1) is 17.1. The van der Waals surface area contributed by atoms with Crippen molar-refractivity contribution in [2.24, 2.45) is 0 Å². The van der Waals surface area contributed by atoms with E-state index in [0.29, 0.717) is 30.2 Å². The first-order valence-corrected chi connectivity index (χ1v) is 12.0. The molecule has 1 unspecified atom stereocenters. The number of hydrogen-bond acceptors (Lipinski definition) is 5. The highest BCUT2D eigenvalue weighted by molar-refractivity contribution is 5.93. The number of benzene rings is 2. The second-order valence-electron chi connectivity index (χ2n) is 9.53. The predicted molar refractivity (Wildman–Crippen MR) is 128 cm³/mol. The summed E-state index contributed by atoms with van der Waals surface area (Å²) in [5, 5.41) is 9.03. The molecule has 2 aromatic carbocycles. The maximum Gasteiger partial charge on any atom is 0.315 e. The number of fused-ring (bicyclic) bond motifs is 5. The van der Waals surface area contributed by atoms with Crippen molar-refractivity contribution in [1.82, 2.24) is 15.6 Å². The summed E-state index contributed by atoms with van der Waals surface area (Å²) in [6.07, 6.45) is 4.50. The van der Waals surface area contributed by atoms with Crippen molar-refractivity contribution >= 4 is 17.8 Å². The van der Waals surface area contributed by atoms with Crippen LogP contribution in [-0.4, -0.2) is 29.1 Å². The highest BCUT2D eigenvalue weighted by atomic mass is 16.5. The molecule has 0 saturated heterocycles. The summed E-state index contributed by atoms with van der Waals surface area (Å²) < 4.78 is 12.3. The number of nitrogens with zero attached hydrogens (tertiary/aromatic N) is 1. The number of pyridine rings is 1. The van der Waals surface area contributed by atoms with Gasteiger partial charge in [0.2, 0.25) is 5.91 Å². The quantitative estimate of drug-likeness (QED) is 0.538. The lowest BCUT2D eigenvalue weighted by Crippen LogP contribution is -2.40. The van der Waals surface area contributed by atoms with Gasteiger partial charge in [0.1, 0.15) is 29.2 Å². The van der Waals surface area contributed by atoms with Crippen LogP contribution < -0.4 is 25.4 Å². The smallest absolute Gasteiger partial charge is 0.315 e. The fourth-order valence-corrected chi connectivity index (χ4v) is 5.61. The number of carbonyl (C=O) groups excluding carboxylic acids is 2. The molecule has 7 rings (SSSR count). The van der Waals surface area contributed by atoms with Gasteiger partial charge in [-0.25, -0.2) is 9.78 Å². The number of nitrogens with one attached hydrogen (secondary N) is 3. The molecule has 0 radical (unpaired) electrons. The van der Waals surface area contributed by atoms with Crippen LogP contribution in [-0.2, 0) is 17.6 Å². The zero-order chi connectivity index (χ0) is 23.5. The van der Waals surface area contributed by atoms with E-state index in [1.165, 1.54) is 11.1 Å². The van der Waals surface area contributed by atoms with Crippen LogP contribution in [0.25, 0.3) is 0 Å². The van der Waals surface area contributed by atoms with Crippen LogP contribution in [0.4, 0.5) is 10.6 Å². The number of urea groups is 1. The van der Waals surface area contributed by atoms with Crippen LogP contribution in [0.5, 0.6) is 17.2 Å². The Morgan fingerprint density at radius 2 is 1.97 bits per heavy atom. The number of aryl methyl sites for hydroxylation is 1. The average Bonchev–Trinajstić information content (AvgIpc) is 3.18. The van der Waals surface area contributed by atoms with Crippen LogP contribution in [0.15, 0.2) is 54.7 Å². The Morgan fingerprint density at radius 1 is 1.06 bits per heavy atom. The number of aromatic nitrogens is 1. The molecule has 8 heteroatoms. The van der Waals surface area contributed by atoms with E-state index < -0.39 is 0 Å². The molecule has 3 amide bonds. The zero-order valence-corrected chi connectivity index (χ0v) is 18.9. The predicted octanol–water partition coefficient (Wildman–Crippen LogP) is 3.97. The lowest BCUT2D eigenvalue weighted by Gasteiger charge is -2.19. The van der Waals surface area contributed by atoms with Gasteiger partial charge < -0.3 is 25.4 Å². The number of carbonyl (C=O) groups is 2. The summed E-state index contributed by atoms with van der Waals surface area (Å²) in [6.45, 7) is 0. The van der Waals surface area contributed by atoms with Crippen molar-refractivity contribution in [3.63, 3.8) is 0 Å². The minimum Gasteiger partial charge on any atom is -0.487 e. The Kier molecular flexibility index (Phi) is 4.49. The highest BCUT2D eigenvalue weighted by Crippen LogP contribution is 2.54. The van der Waals surface area contributed by atoms with Crippen molar-refractivity contribution in [3.05, 3.63) is 77.0 Å². The molecule has 2 aliphatic carbocycles. The lowest BCUT2D eigenvalue weighted by molar-refractivity contribution is -0.116. The molecule has 4 aliphatic rings. The van der Waals surface area contributed by atoms with E-state index in [2.05, 4.69) is 33.1 Å². The third-order valence-corrected chi connectivity index (χ3v) is 7.39. The second-order valence-corrected chi connectivity index (χ2v) is 9.53. The molecule has 176 valence electrons. The number of amides is 3. The summed E-state index contributed by atoms with van der Waals surface area (Å²) in [7, 11) is 0. The minimum absolute atomic E-state index is 0.0312.